The lowest BCUT2D eigenvalue weighted by Gasteiger charge is -2.32. The molecule has 8 heteroatoms. The molecule has 2 atom stereocenters. The van der Waals surface area contributed by atoms with Gasteiger partial charge in [0.25, 0.3) is 0 Å². The van der Waals surface area contributed by atoms with Gasteiger partial charge in [-0.3, -0.25) is 14.6 Å². The van der Waals surface area contributed by atoms with Gasteiger partial charge in [-0.25, -0.2) is 4.98 Å². The number of rotatable bonds is 10. The predicted octanol–water partition coefficient (Wildman–Crippen LogP) is 4.07. The quantitative estimate of drug-likeness (QED) is 0.420. The second-order valence-electron chi connectivity index (χ2n) is 10.5. The maximum absolute atomic E-state index is 13.6. The highest BCUT2D eigenvalue weighted by atomic mass is 16.7. The van der Waals surface area contributed by atoms with E-state index in [1.54, 1.807) is 0 Å². The molecule has 7 nitrogen and oxygen atoms in total. The van der Waals surface area contributed by atoms with Crippen molar-refractivity contribution in [3.8, 4) is 0 Å². The summed E-state index contributed by atoms with van der Waals surface area (Å²) in [5.41, 5.74) is 0.259. The van der Waals surface area contributed by atoms with Crippen LogP contribution >= 0.6 is 0 Å². The van der Waals surface area contributed by atoms with Gasteiger partial charge in [0.1, 0.15) is 5.69 Å². The molecule has 1 aliphatic heterocycles. The Morgan fingerprint density at radius 3 is 2.24 bits per heavy atom. The van der Waals surface area contributed by atoms with Gasteiger partial charge in [-0.05, 0) is 52.0 Å². The normalized spacial score (nSPS) is 18.5. The van der Waals surface area contributed by atoms with Crippen molar-refractivity contribution in [2.24, 2.45) is 11.8 Å². The molecule has 0 saturated carbocycles. The fraction of sp³-hybridized carbons (Fsp3) is 0.538. The molecule has 1 N–H and O–H groups in total. The molecule has 2 heterocycles. The first kappa shape index (κ1) is 26.0. The first-order chi connectivity index (χ1) is 16.0. The average molecular weight is 465 g/mol. The van der Waals surface area contributed by atoms with Crippen LogP contribution in [0.5, 0.6) is 0 Å². The van der Waals surface area contributed by atoms with Gasteiger partial charge in [0.05, 0.1) is 23.3 Å². The molecule has 1 aliphatic rings. The SMILES string of the molecule is CC(C)C[C@H](NC(=O)[C@@H](CC(=O)c1cnccn1)Cc1ccccc1)B1OC(C)(C)C(C)(C)O1. The second-order valence-corrected chi connectivity index (χ2v) is 10.5. The molecule has 1 amide bonds. The molecule has 34 heavy (non-hydrogen) atoms. The molecule has 0 spiro atoms. The molecule has 1 fully saturated rings. The Hall–Kier alpha value is -2.58. The fourth-order valence-electron chi connectivity index (χ4n) is 4.03. The zero-order valence-corrected chi connectivity index (χ0v) is 21.1. The van der Waals surface area contributed by atoms with E-state index < -0.39 is 24.2 Å². The molecule has 0 bridgehead atoms. The third-order valence-electron chi connectivity index (χ3n) is 6.63. The third-order valence-corrected chi connectivity index (χ3v) is 6.63. The zero-order chi connectivity index (χ0) is 24.9. The number of nitrogens with one attached hydrogen (secondary N) is 1. The van der Waals surface area contributed by atoms with E-state index in [2.05, 4.69) is 29.1 Å². The highest BCUT2D eigenvalue weighted by Crippen LogP contribution is 2.38. The Bertz CT molecular complexity index is 951. The molecule has 1 aromatic carbocycles. The van der Waals surface area contributed by atoms with Crippen LogP contribution in [0.1, 0.15) is 70.4 Å². The molecule has 0 unspecified atom stereocenters. The van der Waals surface area contributed by atoms with Crippen LogP contribution in [0.4, 0.5) is 0 Å². The van der Waals surface area contributed by atoms with Gasteiger partial charge < -0.3 is 14.6 Å². The number of hydrogen-bond donors (Lipinski definition) is 1. The van der Waals surface area contributed by atoms with Crippen LogP contribution in [0.2, 0.25) is 0 Å². The van der Waals surface area contributed by atoms with Crippen molar-refractivity contribution in [3.05, 3.63) is 60.2 Å². The summed E-state index contributed by atoms with van der Waals surface area (Å²) in [7, 11) is -0.565. The third kappa shape index (κ3) is 6.51. The number of carbonyl (C=O) groups excluding carboxylic acids is 2. The zero-order valence-electron chi connectivity index (χ0n) is 21.1. The summed E-state index contributed by atoms with van der Waals surface area (Å²) in [4.78, 5) is 34.6. The Balaban J connectivity index is 1.80. The number of ketones is 1. The van der Waals surface area contributed by atoms with E-state index in [1.807, 2.05) is 58.0 Å². The Labute approximate surface area is 203 Å². The van der Waals surface area contributed by atoms with Crippen molar-refractivity contribution in [1.29, 1.82) is 0 Å². The number of benzene rings is 1. The average Bonchev–Trinajstić information content (AvgIpc) is 3.00. The monoisotopic (exact) mass is 465 g/mol. The summed E-state index contributed by atoms with van der Waals surface area (Å²) in [5.74, 6) is -0.979. The van der Waals surface area contributed by atoms with Crippen LogP contribution < -0.4 is 5.32 Å². The number of hydrogen-bond acceptors (Lipinski definition) is 6. The summed E-state index contributed by atoms with van der Waals surface area (Å²) < 4.78 is 12.5. The van der Waals surface area contributed by atoms with E-state index in [1.165, 1.54) is 18.6 Å². The highest BCUT2D eigenvalue weighted by Gasteiger charge is 2.54. The van der Waals surface area contributed by atoms with Gasteiger partial charge in [0.15, 0.2) is 5.78 Å². The number of amides is 1. The summed E-state index contributed by atoms with van der Waals surface area (Å²) in [6.07, 6.45) is 5.61. The molecule has 182 valence electrons. The van der Waals surface area contributed by atoms with Crippen LogP contribution in [0.3, 0.4) is 0 Å². The van der Waals surface area contributed by atoms with Gasteiger partial charge >= 0.3 is 7.12 Å². The molecular weight excluding hydrogens is 429 g/mol. The first-order valence-corrected chi connectivity index (χ1v) is 12.0. The standard InChI is InChI=1S/C26H36BN3O4/c1-18(2)14-23(27-33-25(3,4)26(5,6)34-27)30-24(32)20(15-19-10-8-7-9-11-19)16-22(31)21-17-28-12-13-29-21/h7-13,17-18,20,23H,14-16H2,1-6H3,(H,30,32)/t20-,23+/m1/s1. The number of aromatic nitrogens is 2. The largest absolute Gasteiger partial charge is 0.481 e. The summed E-state index contributed by atoms with van der Waals surface area (Å²) in [5, 5.41) is 3.17. The Morgan fingerprint density at radius 2 is 1.68 bits per heavy atom. The lowest BCUT2D eigenvalue weighted by molar-refractivity contribution is -0.125. The van der Waals surface area contributed by atoms with Crippen molar-refractivity contribution in [2.45, 2.75) is 77.9 Å². The number of nitrogens with zero attached hydrogens (tertiary/aromatic N) is 2. The summed E-state index contributed by atoms with van der Waals surface area (Å²) >= 11 is 0. The van der Waals surface area contributed by atoms with E-state index in [-0.39, 0.29) is 29.7 Å². The van der Waals surface area contributed by atoms with Gasteiger partial charge in [0, 0.05) is 24.7 Å². The van der Waals surface area contributed by atoms with Crippen molar-refractivity contribution in [3.63, 3.8) is 0 Å². The fourth-order valence-corrected chi connectivity index (χ4v) is 4.03. The van der Waals surface area contributed by atoms with E-state index in [4.69, 9.17) is 9.31 Å². The molecular formula is C26H36BN3O4. The van der Waals surface area contributed by atoms with E-state index in [9.17, 15) is 9.59 Å². The minimum absolute atomic E-state index is 0.0389. The molecule has 1 aromatic heterocycles. The maximum atomic E-state index is 13.6. The van der Waals surface area contributed by atoms with Crippen molar-refractivity contribution >= 4 is 18.8 Å². The van der Waals surface area contributed by atoms with Crippen molar-refractivity contribution in [1.82, 2.24) is 15.3 Å². The predicted molar refractivity (Wildman–Crippen MR) is 132 cm³/mol. The van der Waals surface area contributed by atoms with Crippen LogP contribution in [-0.4, -0.2) is 45.9 Å². The molecule has 1 saturated heterocycles. The molecule has 3 rings (SSSR count). The molecule has 2 aromatic rings. The number of carbonyl (C=O) groups is 2. The van der Waals surface area contributed by atoms with E-state index in [0.29, 0.717) is 18.8 Å². The van der Waals surface area contributed by atoms with Gasteiger partial charge in [-0.1, -0.05) is 44.2 Å². The summed E-state index contributed by atoms with van der Waals surface area (Å²) in [6, 6.07) is 9.72. The van der Waals surface area contributed by atoms with Crippen LogP contribution in [-0.2, 0) is 20.5 Å². The van der Waals surface area contributed by atoms with Gasteiger partial charge in [0.2, 0.25) is 5.91 Å². The second kappa shape index (κ2) is 10.8. The van der Waals surface area contributed by atoms with Crippen molar-refractivity contribution < 1.29 is 18.9 Å². The lowest BCUT2D eigenvalue weighted by Crippen LogP contribution is -2.50. The Morgan fingerprint density at radius 1 is 1.03 bits per heavy atom. The van der Waals surface area contributed by atoms with Gasteiger partial charge in [-0.15, -0.1) is 0 Å². The topological polar surface area (TPSA) is 90.4 Å². The van der Waals surface area contributed by atoms with Gasteiger partial charge in [-0.2, -0.15) is 0 Å². The van der Waals surface area contributed by atoms with E-state index in [0.717, 1.165) is 5.56 Å². The van der Waals surface area contributed by atoms with Crippen LogP contribution in [0, 0.1) is 11.8 Å². The molecule has 0 radical (unpaired) electrons. The minimum atomic E-state index is -0.565. The smallest absolute Gasteiger partial charge is 0.402 e. The highest BCUT2D eigenvalue weighted by molar-refractivity contribution is 6.48. The molecule has 0 aliphatic carbocycles. The first-order valence-electron chi connectivity index (χ1n) is 12.0. The van der Waals surface area contributed by atoms with Crippen LogP contribution in [0.15, 0.2) is 48.9 Å². The van der Waals surface area contributed by atoms with Crippen LogP contribution in [0.25, 0.3) is 0 Å². The maximum Gasteiger partial charge on any atom is 0.481 e. The Kier molecular flexibility index (Phi) is 8.26. The number of Topliss-reactive ketones (excluding diaryl/α,β-unsaturated/α-hetero) is 1. The minimum Gasteiger partial charge on any atom is -0.402 e. The van der Waals surface area contributed by atoms with E-state index >= 15 is 0 Å². The lowest BCUT2D eigenvalue weighted by atomic mass is 9.73. The summed E-state index contributed by atoms with van der Waals surface area (Å²) in [6.45, 7) is 12.2. The van der Waals surface area contributed by atoms with Crippen molar-refractivity contribution in [2.75, 3.05) is 0 Å².